The molecule has 0 spiro atoms. The van der Waals surface area contributed by atoms with Crippen LogP contribution in [0.4, 0.5) is 6.01 Å². The molecule has 1 aromatic carbocycles. The number of oxazole rings is 1. The number of anilines is 1. The summed E-state index contributed by atoms with van der Waals surface area (Å²) in [6, 6.07) is 6.87. The third-order valence-electron chi connectivity index (χ3n) is 3.65. The average Bonchev–Trinajstić information content (AvgIpc) is 2.81. The first-order chi connectivity index (χ1) is 9.13. The second-order valence-corrected chi connectivity index (χ2v) is 5.66. The maximum Gasteiger partial charge on any atom is 0.298 e. The van der Waals surface area contributed by atoms with E-state index in [2.05, 4.69) is 28.6 Å². The summed E-state index contributed by atoms with van der Waals surface area (Å²) in [6.45, 7) is 8.49. The molecule has 3 rings (SSSR count). The number of piperazine rings is 1. The molecule has 1 aliphatic heterocycles. The van der Waals surface area contributed by atoms with Crippen molar-refractivity contribution in [2.24, 2.45) is 0 Å². The van der Waals surface area contributed by atoms with Crippen molar-refractivity contribution in [3.63, 3.8) is 0 Å². The molecule has 2 aromatic rings. The highest BCUT2D eigenvalue weighted by Crippen LogP contribution is 2.25. The van der Waals surface area contributed by atoms with Crippen molar-refractivity contribution in [2.45, 2.75) is 19.9 Å². The van der Waals surface area contributed by atoms with E-state index in [9.17, 15) is 0 Å². The zero-order valence-electron chi connectivity index (χ0n) is 11.3. The third-order valence-corrected chi connectivity index (χ3v) is 3.89. The van der Waals surface area contributed by atoms with Crippen LogP contribution in [0.3, 0.4) is 0 Å². The van der Waals surface area contributed by atoms with Gasteiger partial charge in [0.1, 0.15) is 5.52 Å². The Balaban J connectivity index is 1.78. The molecule has 0 unspecified atom stereocenters. The van der Waals surface area contributed by atoms with Crippen LogP contribution in [-0.2, 0) is 0 Å². The lowest BCUT2D eigenvalue weighted by Crippen LogP contribution is -2.49. The summed E-state index contributed by atoms with van der Waals surface area (Å²) in [7, 11) is 0. The molecule has 19 heavy (non-hydrogen) atoms. The molecule has 1 aromatic heterocycles. The Morgan fingerprint density at radius 1 is 1.21 bits per heavy atom. The van der Waals surface area contributed by atoms with Crippen LogP contribution in [0.15, 0.2) is 22.6 Å². The van der Waals surface area contributed by atoms with Crippen LogP contribution in [-0.4, -0.2) is 42.1 Å². The van der Waals surface area contributed by atoms with E-state index in [4.69, 9.17) is 16.0 Å². The Hall–Kier alpha value is -1.26. The summed E-state index contributed by atoms with van der Waals surface area (Å²) in [4.78, 5) is 9.20. The SMILES string of the molecule is CC(C)N1CCN(c2nc3ccc(Cl)cc3o2)CC1. The molecule has 0 N–H and O–H groups in total. The average molecular weight is 280 g/mol. The zero-order valence-corrected chi connectivity index (χ0v) is 12.0. The number of nitrogens with zero attached hydrogens (tertiary/aromatic N) is 3. The summed E-state index contributed by atoms with van der Waals surface area (Å²) in [6.07, 6.45) is 0. The van der Waals surface area contributed by atoms with Crippen molar-refractivity contribution in [3.05, 3.63) is 23.2 Å². The third kappa shape index (κ3) is 2.55. The van der Waals surface area contributed by atoms with Crippen LogP contribution in [0.2, 0.25) is 5.02 Å². The lowest BCUT2D eigenvalue weighted by Gasteiger charge is -2.36. The van der Waals surface area contributed by atoms with E-state index >= 15 is 0 Å². The van der Waals surface area contributed by atoms with E-state index in [0.29, 0.717) is 17.1 Å². The summed E-state index contributed by atoms with van der Waals surface area (Å²) in [5.41, 5.74) is 1.62. The minimum atomic E-state index is 0.601. The minimum Gasteiger partial charge on any atom is -0.423 e. The van der Waals surface area contributed by atoms with Gasteiger partial charge >= 0.3 is 0 Å². The van der Waals surface area contributed by atoms with E-state index in [0.717, 1.165) is 37.3 Å². The predicted octanol–water partition coefficient (Wildman–Crippen LogP) is 3.01. The highest BCUT2D eigenvalue weighted by atomic mass is 35.5. The fourth-order valence-corrected chi connectivity index (χ4v) is 2.61. The van der Waals surface area contributed by atoms with Crippen LogP contribution in [0.5, 0.6) is 0 Å². The van der Waals surface area contributed by atoms with Gasteiger partial charge in [-0.1, -0.05) is 11.6 Å². The molecule has 1 fully saturated rings. The maximum atomic E-state index is 5.96. The summed E-state index contributed by atoms with van der Waals surface area (Å²) in [5.74, 6) is 0. The normalized spacial score (nSPS) is 17.6. The van der Waals surface area contributed by atoms with Crippen LogP contribution in [0, 0.1) is 0 Å². The maximum absolute atomic E-state index is 5.96. The van der Waals surface area contributed by atoms with Crippen LogP contribution in [0.1, 0.15) is 13.8 Å². The molecule has 0 atom stereocenters. The van der Waals surface area contributed by atoms with Crippen LogP contribution < -0.4 is 4.90 Å². The van der Waals surface area contributed by atoms with Gasteiger partial charge in [-0.05, 0) is 26.0 Å². The Bertz CT molecular complexity index is 573. The van der Waals surface area contributed by atoms with Gasteiger partial charge in [0.25, 0.3) is 6.01 Å². The van der Waals surface area contributed by atoms with Crippen molar-refractivity contribution in [3.8, 4) is 0 Å². The minimum absolute atomic E-state index is 0.601. The zero-order chi connectivity index (χ0) is 13.4. The molecular formula is C14H18ClN3O. The number of hydrogen-bond acceptors (Lipinski definition) is 4. The monoisotopic (exact) mass is 279 g/mol. The topological polar surface area (TPSA) is 32.5 Å². The number of rotatable bonds is 2. The van der Waals surface area contributed by atoms with Crippen molar-refractivity contribution < 1.29 is 4.42 Å². The molecule has 0 saturated carbocycles. The molecule has 2 heterocycles. The van der Waals surface area contributed by atoms with Gasteiger partial charge in [0, 0.05) is 43.3 Å². The molecule has 1 saturated heterocycles. The van der Waals surface area contributed by atoms with Crippen molar-refractivity contribution in [1.82, 2.24) is 9.88 Å². The number of halogens is 1. The highest BCUT2D eigenvalue weighted by Gasteiger charge is 2.22. The lowest BCUT2D eigenvalue weighted by molar-refractivity contribution is 0.206. The van der Waals surface area contributed by atoms with Crippen LogP contribution in [0.25, 0.3) is 11.1 Å². The van der Waals surface area contributed by atoms with E-state index < -0.39 is 0 Å². The predicted molar refractivity (Wildman–Crippen MR) is 77.9 cm³/mol. The second-order valence-electron chi connectivity index (χ2n) is 5.23. The number of hydrogen-bond donors (Lipinski definition) is 0. The first-order valence-corrected chi connectivity index (χ1v) is 7.06. The molecule has 102 valence electrons. The fourth-order valence-electron chi connectivity index (χ4n) is 2.45. The first-order valence-electron chi connectivity index (χ1n) is 6.68. The van der Waals surface area contributed by atoms with Crippen molar-refractivity contribution in [2.75, 3.05) is 31.1 Å². The molecule has 4 nitrogen and oxygen atoms in total. The van der Waals surface area contributed by atoms with Gasteiger partial charge in [0.2, 0.25) is 0 Å². The second kappa shape index (κ2) is 5.02. The molecule has 0 aliphatic carbocycles. The Morgan fingerprint density at radius 2 is 1.95 bits per heavy atom. The van der Waals surface area contributed by atoms with Gasteiger partial charge in [-0.2, -0.15) is 4.98 Å². The van der Waals surface area contributed by atoms with Gasteiger partial charge in [-0.3, -0.25) is 4.90 Å². The number of fused-ring (bicyclic) bond motifs is 1. The summed E-state index contributed by atoms with van der Waals surface area (Å²) >= 11 is 5.96. The molecule has 5 heteroatoms. The van der Waals surface area contributed by atoms with E-state index in [1.165, 1.54) is 0 Å². The Kier molecular flexibility index (Phi) is 3.37. The van der Waals surface area contributed by atoms with Crippen LogP contribution >= 0.6 is 11.6 Å². The van der Waals surface area contributed by atoms with Crippen molar-refractivity contribution in [1.29, 1.82) is 0 Å². The first kappa shape index (κ1) is 12.8. The van der Waals surface area contributed by atoms with Gasteiger partial charge in [-0.15, -0.1) is 0 Å². The highest BCUT2D eigenvalue weighted by molar-refractivity contribution is 6.31. The molecule has 0 bridgehead atoms. The molecule has 0 amide bonds. The van der Waals surface area contributed by atoms with Crippen molar-refractivity contribution >= 4 is 28.7 Å². The fraction of sp³-hybridized carbons (Fsp3) is 0.500. The smallest absolute Gasteiger partial charge is 0.298 e. The largest absolute Gasteiger partial charge is 0.423 e. The van der Waals surface area contributed by atoms with E-state index in [1.807, 2.05) is 18.2 Å². The molecule has 0 radical (unpaired) electrons. The quantitative estimate of drug-likeness (QED) is 0.846. The Morgan fingerprint density at radius 3 is 2.63 bits per heavy atom. The lowest BCUT2D eigenvalue weighted by atomic mass is 10.2. The van der Waals surface area contributed by atoms with Gasteiger partial charge in [0.15, 0.2) is 5.58 Å². The summed E-state index contributed by atoms with van der Waals surface area (Å²) < 4.78 is 5.80. The van der Waals surface area contributed by atoms with Gasteiger partial charge in [-0.25, -0.2) is 0 Å². The van der Waals surface area contributed by atoms with E-state index in [-0.39, 0.29) is 0 Å². The molecule has 1 aliphatic rings. The Labute approximate surface area is 117 Å². The molecular weight excluding hydrogens is 262 g/mol. The number of benzene rings is 1. The van der Waals surface area contributed by atoms with Gasteiger partial charge in [0.05, 0.1) is 0 Å². The van der Waals surface area contributed by atoms with E-state index in [1.54, 1.807) is 0 Å². The standard InChI is InChI=1S/C14H18ClN3O/c1-10(2)17-5-7-18(8-6-17)14-16-12-4-3-11(15)9-13(12)19-14/h3-4,9-10H,5-8H2,1-2H3. The van der Waals surface area contributed by atoms with Gasteiger partial charge < -0.3 is 9.32 Å². The number of aromatic nitrogens is 1. The summed E-state index contributed by atoms with van der Waals surface area (Å²) in [5, 5.41) is 0.680.